The molecule has 2 aromatic heterocycles. The number of thiol groups is 1. The van der Waals surface area contributed by atoms with Gasteiger partial charge in [0.1, 0.15) is 0 Å². The number of hydrogen-bond donors (Lipinski definition) is 1. The van der Waals surface area contributed by atoms with Crippen LogP contribution < -0.4 is 0 Å². The summed E-state index contributed by atoms with van der Waals surface area (Å²) in [5.74, 6) is 1.75. The molecule has 12 rings (SSSR count). The van der Waals surface area contributed by atoms with E-state index in [1.165, 1.54) is 32.5 Å². The van der Waals surface area contributed by atoms with Crippen LogP contribution in [0, 0.1) is 6.92 Å². The predicted molar refractivity (Wildman–Crippen MR) is 266 cm³/mol. The van der Waals surface area contributed by atoms with E-state index in [0.717, 1.165) is 76.7 Å². The lowest BCUT2D eigenvalue weighted by molar-refractivity contribution is 1.06. The fourth-order valence-electron chi connectivity index (χ4n) is 9.40. The Morgan fingerprint density at radius 1 is 0.349 bits per heavy atom. The summed E-state index contributed by atoms with van der Waals surface area (Å²) in [6.07, 6.45) is 0. The quantitative estimate of drug-likeness (QED) is 0.134. The minimum atomic E-state index is 0.561. The fraction of sp³-hybridized carbons (Fsp3) is 0.0172. The van der Waals surface area contributed by atoms with Gasteiger partial charge >= 0.3 is 0 Å². The molecular weight excluding hydrogens is 785 g/mol. The van der Waals surface area contributed by atoms with Crippen LogP contribution in [-0.4, -0.2) is 19.5 Å². The van der Waals surface area contributed by atoms with E-state index in [0.29, 0.717) is 17.5 Å². The van der Waals surface area contributed by atoms with Gasteiger partial charge in [-0.2, -0.15) is 0 Å². The van der Waals surface area contributed by atoms with E-state index >= 15 is 0 Å². The Balaban J connectivity index is 1.19. The number of aryl methyl sites for hydroxylation is 1. The summed E-state index contributed by atoms with van der Waals surface area (Å²) in [4.78, 5) is 17.2. The minimum absolute atomic E-state index is 0.561. The maximum absolute atomic E-state index is 5.51. The second kappa shape index (κ2) is 14.9. The molecule has 4 nitrogen and oxygen atoms in total. The summed E-state index contributed by atoms with van der Waals surface area (Å²) in [5.41, 5.74) is 11.4. The van der Waals surface area contributed by atoms with Crippen LogP contribution >= 0.6 is 12.6 Å². The zero-order chi connectivity index (χ0) is 42.0. The van der Waals surface area contributed by atoms with Gasteiger partial charge in [0.25, 0.3) is 0 Å². The van der Waals surface area contributed by atoms with Crippen molar-refractivity contribution in [3.8, 4) is 62.1 Å². The Hall–Kier alpha value is -7.86. The Morgan fingerprint density at radius 3 is 1.76 bits per heavy atom. The highest BCUT2D eigenvalue weighted by Crippen LogP contribution is 2.43. The molecule has 5 heteroatoms. The highest BCUT2D eigenvalue weighted by molar-refractivity contribution is 7.80. The monoisotopic (exact) mass is 822 g/mol. The third-order valence-electron chi connectivity index (χ3n) is 12.4. The van der Waals surface area contributed by atoms with Gasteiger partial charge in [-0.25, -0.2) is 15.0 Å². The SMILES string of the molecule is Cc1ccccc1-c1cc(-n2c3ccccc3c3cc4ccccc4cc32)c(-c2nc(-c3cccc(-c4ccccc4)c3)nc(-c3cc4ccccc4c4ccccc34)n2)cc1S. The van der Waals surface area contributed by atoms with Crippen molar-refractivity contribution in [1.29, 1.82) is 0 Å². The molecule has 0 aliphatic rings. The molecule has 0 saturated heterocycles. The molecule has 0 N–H and O–H groups in total. The van der Waals surface area contributed by atoms with Gasteiger partial charge in [-0.3, -0.25) is 0 Å². The topological polar surface area (TPSA) is 43.6 Å². The Kier molecular flexibility index (Phi) is 8.76. The predicted octanol–water partition coefficient (Wildman–Crippen LogP) is 15.4. The van der Waals surface area contributed by atoms with Gasteiger partial charge in [-0.1, -0.05) is 164 Å². The molecule has 0 fully saturated rings. The molecule has 0 bridgehead atoms. The van der Waals surface area contributed by atoms with Crippen molar-refractivity contribution in [2.75, 3.05) is 0 Å². The molecule has 10 aromatic carbocycles. The van der Waals surface area contributed by atoms with Crippen molar-refractivity contribution in [3.05, 3.63) is 212 Å². The Labute approximate surface area is 370 Å². The highest BCUT2D eigenvalue weighted by atomic mass is 32.1. The molecule has 0 amide bonds. The third kappa shape index (κ3) is 6.28. The van der Waals surface area contributed by atoms with Crippen LogP contribution in [0.1, 0.15) is 5.56 Å². The van der Waals surface area contributed by atoms with E-state index in [4.69, 9.17) is 27.6 Å². The number of aromatic nitrogens is 4. The molecule has 63 heavy (non-hydrogen) atoms. The van der Waals surface area contributed by atoms with Crippen LogP contribution in [0.2, 0.25) is 0 Å². The average molecular weight is 823 g/mol. The van der Waals surface area contributed by atoms with Crippen LogP contribution in [0.3, 0.4) is 0 Å². The maximum Gasteiger partial charge on any atom is 0.166 e. The summed E-state index contributed by atoms with van der Waals surface area (Å²) in [5, 5.41) is 9.27. The zero-order valence-corrected chi connectivity index (χ0v) is 35.3. The van der Waals surface area contributed by atoms with Crippen LogP contribution in [0.5, 0.6) is 0 Å². The Bertz CT molecular complexity index is 3780. The van der Waals surface area contributed by atoms with E-state index in [1.807, 2.05) is 6.07 Å². The lowest BCUT2D eigenvalue weighted by Gasteiger charge is -2.19. The van der Waals surface area contributed by atoms with Gasteiger partial charge in [-0.05, 0) is 110 Å². The molecule has 12 aromatic rings. The van der Waals surface area contributed by atoms with Crippen LogP contribution in [0.4, 0.5) is 0 Å². The molecule has 2 heterocycles. The second-order valence-electron chi connectivity index (χ2n) is 16.2. The summed E-state index contributed by atoms with van der Waals surface area (Å²) >= 11 is 5.27. The first-order chi connectivity index (χ1) is 31.1. The van der Waals surface area contributed by atoms with Gasteiger partial charge in [0, 0.05) is 32.4 Å². The summed E-state index contributed by atoms with van der Waals surface area (Å²) in [6, 6.07) is 73.2. The van der Waals surface area contributed by atoms with Crippen LogP contribution in [0.15, 0.2) is 211 Å². The largest absolute Gasteiger partial charge is 0.308 e. The number of para-hydroxylation sites is 1. The van der Waals surface area contributed by atoms with E-state index < -0.39 is 0 Å². The molecule has 0 saturated carbocycles. The van der Waals surface area contributed by atoms with Crippen molar-refractivity contribution in [3.63, 3.8) is 0 Å². The van der Waals surface area contributed by atoms with Gasteiger partial charge in [-0.15, -0.1) is 12.6 Å². The van der Waals surface area contributed by atoms with Crippen molar-refractivity contribution in [2.45, 2.75) is 11.8 Å². The Morgan fingerprint density at radius 2 is 0.952 bits per heavy atom. The molecular formula is C58H38N4S. The van der Waals surface area contributed by atoms with E-state index in [-0.39, 0.29) is 0 Å². The molecule has 0 spiro atoms. The van der Waals surface area contributed by atoms with E-state index in [2.05, 4.69) is 212 Å². The van der Waals surface area contributed by atoms with Crippen molar-refractivity contribution < 1.29 is 0 Å². The molecule has 0 radical (unpaired) electrons. The van der Waals surface area contributed by atoms with Crippen molar-refractivity contribution >= 4 is 66.8 Å². The number of rotatable bonds is 6. The number of fused-ring (bicyclic) bond motifs is 7. The molecule has 0 atom stereocenters. The van der Waals surface area contributed by atoms with Crippen LogP contribution in [0.25, 0.3) is 116 Å². The lowest BCUT2D eigenvalue weighted by Crippen LogP contribution is -2.05. The second-order valence-corrected chi connectivity index (χ2v) is 16.7. The normalized spacial score (nSPS) is 11.7. The average Bonchev–Trinajstić information content (AvgIpc) is 3.66. The van der Waals surface area contributed by atoms with Crippen molar-refractivity contribution in [1.82, 2.24) is 19.5 Å². The molecule has 296 valence electrons. The van der Waals surface area contributed by atoms with Gasteiger partial charge in [0.2, 0.25) is 0 Å². The lowest BCUT2D eigenvalue weighted by atomic mass is 9.96. The van der Waals surface area contributed by atoms with Gasteiger partial charge in [0.05, 0.1) is 16.7 Å². The standard InChI is InChI=1S/C58H38N4S/c1-36-16-5-9-24-43(36)49-34-54(62-52-29-14-13-28-47(52)48-31-39-19-6-7-20-40(39)33-53(48)62)51(35-55(49)63)58-60-56(42-23-15-22-38(30-42)37-17-3-2-4-18-37)59-57(61-58)50-32-41-21-8-10-25-44(41)45-26-11-12-27-46(45)50/h2-35,63H,1H3. The third-order valence-corrected chi connectivity index (χ3v) is 12.8. The zero-order valence-electron chi connectivity index (χ0n) is 34.4. The first-order valence-corrected chi connectivity index (χ1v) is 21.7. The minimum Gasteiger partial charge on any atom is -0.308 e. The fourth-order valence-corrected chi connectivity index (χ4v) is 9.71. The van der Waals surface area contributed by atoms with Crippen LogP contribution in [-0.2, 0) is 0 Å². The van der Waals surface area contributed by atoms with E-state index in [1.54, 1.807) is 0 Å². The highest BCUT2D eigenvalue weighted by Gasteiger charge is 2.23. The number of benzene rings is 10. The molecule has 0 unspecified atom stereocenters. The maximum atomic E-state index is 5.51. The van der Waals surface area contributed by atoms with Gasteiger partial charge < -0.3 is 4.57 Å². The molecule has 0 aliphatic heterocycles. The van der Waals surface area contributed by atoms with E-state index in [9.17, 15) is 0 Å². The summed E-state index contributed by atoms with van der Waals surface area (Å²) in [7, 11) is 0. The number of nitrogens with zero attached hydrogens (tertiary/aromatic N) is 4. The number of hydrogen-bond acceptors (Lipinski definition) is 4. The smallest absolute Gasteiger partial charge is 0.166 e. The summed E-state index contributed by atoms with van der Waals surface area (Å²) in [6.45, 7) is 2.16. The van der Waals surface area contributed by atoms with Gasteiger partial charge in [0.15, 0.2) is 17.5 Å². The first-order valence-electron chi connectivity index (χ1n) is 21.2. The summed E-state index contributed by atoms with van der Waals surface area (Å²) < 4.78 is 2.39. The molecule has 0 aliphatic carbocycles. The van der Waals surface area contributed by atoms with Crippen molar-refractivity contribution in [2.24, 2.45) is 0 Å². The first kappa shape index (κ1) is 36.9.